The first kappa shape index (κ1) is 10.7. The fourth-order valence-electron chi connectivity index (χ4n) is 1.74. The third kappa shape index (κ3) is 2.24. The summed E-state index contributed by atoms with van der Waals surface area (Å²) >= 11 is 5.71. The van der Waals surface area contributed by atoms with E-state index in [0.717, 1.165) is 12.8 Å². The van der Waals surface area contributed by atoms with E-state index in [1.807, 2.05) is 0 Å². The number of phenolic OH excluding ortho intramolecular Hbond substituents is 1. The number of hydrogen-bond donors (Lipinski definition) is 2. The molecule has 1 fully saturated rings. The third-order valence-electron chi connectivity index (χ3n) is 2.77. The molecule has 2 rings (SSSR count). The Morgan fingerprint density at radius 1 is 1.53 bits per heavy atom. The van der Waals surface area contributed by atoms with Gasteiger partial charge in [0.15, 0.2) is 0 Å². The second-order valence-corrected chi connectivity index (χ2v) is 4.48. The molecule has 0 aliphatic heterocycles. The number of halogens is 2. The summed E-state index contributed by atoms with van der Waals surface area (Å²) in [6.45, 7) is 0. The van der Waals surface area contributed by atoms with Crippen LogP contribution in [0.15, 0.2) is 12.1 Å². The van der Waals surface area contributed by atoms with Gasteiger partial charge < -0.3 is 10.8 Å². The van der Waals surface area contributed by atoms with Crippen molar-refractivity contribution < 1.29 is 9.50 Å². The molecule has 3 N–H and O–H groups in total. The summed E-state index contributed by atoms with van der Waals surface area (Å²) in [6, 6.07) is 2.11. The summed E-state index contributed by atoms with van der Waals surface area (Å²) in [6.07, 6.45) is 3.01. The Labute approximate surface area is 92.9 Å². The van der Waals surface area contributed by atoms with Crippen LogP contribution in [-0.4, -0.2) is 5.11 Å². The number of nitrogens with two attached hydrogens (primary N) is 1. The topological polar surface area (TPSA) is 46.2 Å². The van der Waals surface area contributed by atoms with Crippen LogP contribution < -0.4 is 5.73 Å². The highest BCUT2D eigenvalue weighted by atomic mass is 35.5. The standard InChI is InChI=1S/C11H13ClFNO/c12-7-3-4-8(13)10(11(7)15)9(14)5-6-1-2-6/h3-4,6,9,15H,1-2,5,14H2/t9-/m1/s1. The molecular formula is C11H13ClFNO. The average molecular weight is 230 g/mol. The molecule has 0 bridgehead atoms. The van der Waals surface area contributed by atoms with Gasteiger partial charge in [-0.25, -0.2) is 4.39 Å². The monoisotopic (exact) mass is 229 g/mol. The first-order valence-corrected chi connectivity index (χ1v) is 5.40. The van der Waals surface area contributed by atoms with Gasteiger partial charge in [0, 0.05) is 11.6 Å². The Bertz CT molecular complexity index is 379. The van der Waals surface area contributed by atoms with Gasteiger partial charge >= 0.3 is 0 Å². The van der Waals surface area contributed by atoms with E-state index >= 15 is 0 Å². The van der Waals surface area contributed by atoms with Crippen LogP contribution in [0.5, 0.6) is 5.75 Å². The second kappa shape index (κ2) is 3.99. The predicted molar refractivity (Wildman–Crippen MR) is 57.3 cm³/mol. The van der Waals surface area contributed by atoms with Crippen LogP contribution in [0.1, 0.15) is 30.9 Å². The molecule has 1 atom stereocenters. The van der Waals surface area contributed by atoms with E-state index < -0.39 is 11.9 Å². The summed E-state index contributed by atoms with van der Waals surface area (Å²) in [5.74, 6) is -0.118. The SMILES string of the molecule is N[C@H](CC1CC1)c1c(F)ccc(Cl)c1O. The molecule has 0 heterocycles. The van der Waals surface area contributed by atoms with Gasteiger partial charge in [-0.1, -0.05) is 24.4 Å². The van der Waals surface area contributed by atoms with E-state index in [9.17, 15) is 9.50 Å². The molecule has 1 aliphatic carbocycles. The van der Waals surface area contributed by atoms with E-state index in [1.165, 1.54) is 12.1 Å². The number of benzene rings is 1. The average Bonchev–Trinajstić information content (AvgIpc) is 2.96. The second-order valence-electron chi connectivity index (χ2n) is 4.08. The fraction of sp³-hybridized carbons (Fsp3) is 0.455. The summed E-state index contributed by atoms with van der Waals surface area (Å²) in [4.78, 5) is 0. The van der Waals surface area contributed by atoms with Crippen LogP contribution in [-0.2, 0) is 0 Å². The molecule has 1 aromatic rings. The van der Waals surface area contributed by atoms with Crippen molar-refractivity contribution >= 4 is 11.6 Å². The smallest absolute Gasteiger partial charge is 0.141 e. The zero-order chi connectivity index (χ0) is 11.0. The van der Waals surface area contributed by atoms with Crippen LogP contribution in [0, 0.1) is 11.7 Å². The molecule has 1 aliphatic rings. The minimum atomic E-state index is -0.481. The normalized spacial score (nSPS) is 17.8. The lowest BCUT2D eigenvalue weighted by atomic mass is 10.0. The molecule has 1 aromatic carbocycles. The van der Waals surface area contributed by atoms with Crippen molar-refractivity contribution in [1.82, 2.24) is 0 Å². The minimum absolute atomic E-state index is 0.148. The predicted octanol–water partition coefficient (Wildman–Crippen LogP) is 2.98. The third-order valence-corrected chi connectivity index (χ3v) is 3.07. The molecule has 0 aromatic heterocycles. The van der Waals surface area contributed by atoms with Gasteiger partial charge in [0.25, 0.3) is 0 Å². The Morgan fingerprint density at radius 2 is 2.20 bits per heavy atom. The minimum Gasteiger partial charge on any atom is -0.506 e. The Hall–Kier alpha value is -0.800. The highest BCUT2D eigenvalue weighted by Crippen LogP contribution is 2.40. The molecule has 15 heavy (non-hydrogen) atoms. The molecular weight excluding hydrogens is 217 g/mol. The van der Waals surface area contributed by atoms with Crippen LogP contribution >= 0.6 is 11.6 Å². The largest absolute Gasteiger partial charge is 0.506 e. The molecule has 4 heteroatoms. The number of aromatic hydroxyl groups is 1. The number of phenols is 1. The van der Waals surface area contributed by atoms with Crippen molar-refractivity contribution in [2.24, 2.45) is 11.7 Å². The van der Waals surface area contributed by atoms with Crippen LogP contribution in [0.2, 0.25) is 5.02 Å². The lowest BCUT2D eigenvalue weighted by molar-refractivity contribution is 0.441. The van der Waals surface area contributed by atoms with Gasteiger partial charge in [0.05, 0.1) is 5.02 Å². The van der Waals surface area contributed by atoms with Gasteiger partial charge in [0.2, 0.25) is 0 Å². The molecule has 0 saturated heterocycles. The molecule has 0 amide bonds. The van der Waals surface area contributed by atoms with Crippen molar-refractivity contribution in [3.8, 4) is 5.75 Å². The van der Waals surface area contributed by atoms with Crippen LogP contribution in [0.4, 0.5) is 4.39 Å². The van der Waals surface area contributed by atoms with Crippen molar-refractivity contribution in [2.75, 3.05) is 0 Å². The first-order valence-electron chi connectivity index (χ1n) is 5.02. The maximum absolute atomic E-state index is 13.5. The van der Waals surface area contributed by atoms with Crippen molar-refractivity contribution in [3.05, 3.63) is 28.5 Å². The Morgan fingerprint density at radius 3 is 2.80 bits per heavy atom. The summed E-state index contributed by atoms with van der Waals surface area (Å²) < 4.78 is 13.5. The highest BCUT2D eigenvalue weighted by Gasteiger charge is 2.27. The van der Waals surface area contributed by atoms with E-state index in [4.69, 9.17) is 17.3 Å². The van der Waals surface area contributed by atoms with E-state index in [0.29, 0.717) is 12.3 Å². The van der Waals surface area contributed by atoms with Gasteiger partial charge in [0.1, 0.15) is 11.6 Å². The Kier molecular flexibility index (Phi) is 2.85. The quantitative estimate of drug-likeness (QED) is 0.837. The van der Waals surface area contributed by atoms with Crippen molar-refractivity contribution in [1.29, 1.82) is 0 Å². The fourth-order valence-corrected chi connectivity index (χ4v) is 1.90. The van der Waals surface area contributed by atoms with E-state index in [2.05, 4.69) is 0 Å². The van der Waals surface area contributed by atoms with Crippen molar-refractivity contribution in [3.63, 3.8) is 0 Å². The highest BCUT2D eigenvalue weighted by molar-refractivity contribution is 6.32. The van der Waals surface area contributed by atoms with Crippen LogP contribution in [0.3, 0.4) is 0 Å². The molecule has 0 unspecified atom stereocenters. The van der Waals surface area contributed by atoms with Crippen LogP contribution in [0.25, 0.3) is 0 Å². The van der Waals surface area contributed by atoms with Gasteiger partial charge in [-0.15, -0.1) is 0 Å². The van der Waals surface area contributed by atoms with E-state index in [1.54, 1.807) is 0 Å². The summed E-state index contributed by atoms with van der Waals surface area (Å²) in [5, 5.41) is 9.78. The maximum atomic E-state index is 13.5. The lowest BCUT2D eigenvalue weighted by Gasteiger charge is -2.14. The number of rotatable bonds is 3. The zero-order valence-electron chi connectivity index (χ0n) is 8.21. The molecule has 0 radical (unpaired) electrons. The van der Waals surface area contributed by atoms with Gasteiger partial charge in [-0.2, -0.15) is 0 Å². The summed E-state index contributed by atoms with van der Waals surface area (Å²) in [7, 11) is 0. The lowest BCUT2D eigenvalue weighted by Crippen LogP contribution is -2.13. The Balaban J connectivity index is 2.27. The molecule has 1 saturated carbocycles. The van der Waals surface area contributed by atoms with Gasteiger partial charge in [-0.3, -0.25) is 0 Å². The van der Waals surface area contributed by atoms with E-state index in [-0.39, 0.29) is 16.3 Å². The maximum Gasteiger partial charge on any atom is 0.141 e. The first-order chi connectivity index (χ1) is 7.09. The zero-order valence-corrected chi connectivity index (χ0v) is 8.97. The summed E-state index contributed by atoms with van der Waals surface area (Å²) in [5.41, 5.74) is 6.00. The number of hydrogen-bond acceptors (Lipinski definition) is 2. The molecule has 82 valence electrons. The molecule has 2 nitrogen and oxygen atoms in total. The van der Waals surface area contributed by atoms with Crippen molar-refractivity contribution in [2.45, 2.75) is 25.3 Å². The molecule has 0 spiro atoms. The van der Waals surface area contributed by atoms with Gasteiger partial charge in [-0.05, 0) is 24.5 Å².